The largest absolute Gasteiger partial charge is 0.497 e. The Labute approximate surface area is 172 Å². The number of carboxylic acids is 1. The van der Waals surface area contributed by atoms with Crippen LogP contribution in [0.25, 0.3) is 0 Å². The first-order valence-corrected chi connectivity index (χ1v) is 10.3. The second kappa shape index (κ2) is 10.1. The molecule has 1 aliphatic rings. The Kier molecular flexibility index (Phi) is 7.28. The zero-order valence-electron chi connectivity index (χ0n) is 16.9. The number of aliphatic carboxylic acids is 1. The number of carboxylic acid groups (broad SMARTS) is 1. The van der Waals surface area contributed by atoms with E-state index in [0.717, 1.165) is 37.0 Å². The average Bonchev–Trinajstić information content (AvgIpc) is 3.20. The number of carbonyl (C=O) groups excluding carboxylic acids is 1. The van der Waals surface area contributed by atoms with E-state index in [1.165, 1.54) is 5.56 Å². The lowest BCUT2D eigenvalue weighted by molar-refractivity contribution is -0.141. The Morgan fingerprint density at radius 1 is 1.00 bits per heavy atom. The quantitative estimate of drug-likeness (QED) is 0.649. The third-order valence-corrected chi connectivity index (χ3v) is 5.73. The Morgan fingerprint density at radius 2 is 1.72 bits per heavy atom. The number of hydrogen-bond donors (Lipinski definition) is 1. The Hall–Kier alpha value is -2.82. The number of methoxy groups -OCH3 is 1. The van der Waals surface area contributed by atoms with Gasteiger partial charge in [-0.15, -0.1) is 0 Å². The third kappa shape index (κ3) is 5.59. The normalized spacial score (nSPS) is 18.6. The van der Waals surface area contributed by atoms with Crippen LogP contribution in [0.15, 0.2) is 54.6 Å². The van der Waals surface area contributed by atoms with E-state index < -0.39 is 11.9 Å². The maximum atomic E-state index is 12.6. The first-order valence-electron chi connectivity index (χ1n) is 10.3. The number of hydrogen-bond acceptors (Lipinski definition) is 3. The first kappa shape index (κ1) is 20.9. The van der Waals surface area contributed by atoms with Crippen molar-refractivity contribution < 1.29 is 19.4 Å². The minimum Gasteiger partial charge on any atom is -0.497 e. The van der Waals surface area contributed by atoms with Gasteiger partial charge in [0.1, 0.15) is 5.75 Å². The van der Waals surface area contributed by atoms with Crippen molar-refractivity contribution in [1.29, 1.82) is 0 Å². The van der Waals surface area contributed by atoms with Crippen LogP contribution in [-0.4, -0.2) is 42.1 Å². The molecule has 1 fully saturated rings. The molecule has 1 amide bonds. The fraction of sp³-hybridized carbons (Fsp3) is 0.417. The highest BCUT2D eigenvalue weighted by Crippen LogP contribution is 2.33. The fourth-order valence-electron chi connectivity index (χ4n) is 4.03. The molecule has 1 saturated heterocycles. The summed E-state index contributed by atoms with van der Waals surface area (Å²) in [5, 5.41) is 9.59. The maximum absolute atomic E-state index is 12.6. The van der Waals surface area contributed by atoms with Gasteiger partial charge >= 0.3 is 5.97 Å². The van der Waals surface area contributed by atoms with Gasteiger partial charge in [0.2, 0.25) is 5.91 Å². The molecule has 2 aromatic rings. The summed E-state index contributed by atoms with van der Waals surface area (Å²) in [6, 6.07) is 17.7. The lowest BCUT2D eigenvalue weighted by Crippen LogP contribution is -2.29. The second-order valence-electron chi connectivity index (χ2n) is 7.67. The van der Waals surface area contributed by atoms with E-state index >= 15 is 0 Å². The summed E-state index contributed by atoms with van der Waals surface area (Å²) in [5.41, 5.74) is 2.27. The van der Waals surface area contributed by atoms with Crippen molar-refractivity contribution >= 4 is 11.9 Å². The van der Waals surface area contributed by atoms with Gasteiger partial charge in [-0.2, -0.15) is 0 Å². The Morgan fingerprint density at radius 3 is 2.38 bits per heavy atom. The van der Waals surface area contributed by atoms with Crippen LogP contribution < -0.4 is 4.74 Å². The smallest absolute Gasteiger partial charge is 0.308 e. The molecule has 3 rings (SSSR count). The summed E-state index contributed by atoms with van der Waals surface area (Å²) in [5.74, 6) is -0.560. The maximum Gasteiger partial charge on any atom is 0.308 e. The van der Waals surface area contributed by atoms with Crippen LogP contribution in [0.2, 0.25) is 0 Å². The molecule has 5 heteroatoms. The van der Waals surface area contributed by atoms with Crippen molar-refractivity contribution in [2.24, 2.45) is 5.92 Å². The number of rotatable bonds is 9. The highest BCUT2D eigenvalue weighted by molar-refractivity contribution is 5.79. The number of aryl methyl sites for hydroxylation is 1. The average molecular weight is 395 g/mol. The zero-order valence-corrected chi connectivity index (χ0v) is 16.9. The third-order valence-electron chi connectivity index (χ3n) is 5.73. The highest BCUT2D eigenvalue weighted by Gasteiger charge is 2.40. The highest BCUT2D eigenvalue weighted by atomic mass is 16.5. The number of unbranched alkanes of at least 4 members (excludes halogenated alkanes) is 2. The van der Waals surface area contributed by atoms with Crippen LogP contribution in [0.1, 0.15) is 42.7 Å². The molecule has 0 bridgehead atoms. The molecule has 2 aromatic carbocycles. The summed E-state index contributed by atoms with van der Waals surface area (Å²) in [6.45, 7) is 0.797. The van der Waals surface area contributed by atoms with Crippen LogP contribution in [0.4, 0.5) is 0 Å². The van der Waals surface area contributed by atoms with E-state index in [2.05, 4.69) is 12.1 Å². The SMILES string of the molecule is COc1ccc(CCCCCC(=O)N2C[C@H](C(=O)O)[C@H](c3ccccc3)C2)cc1. The summed E-state index contributed by atoms with van der Waals surface area (Å²) in [7, 11) is 1.66. The summed E-state index contributed by atoms with van der Waals surface area (Å²) >= 11 is 0. The summed E-state index contributed by atoms with van der Waals surface area (Å²) in [4.78, 5) is 26.0. The number of amides is 1. The van der Waals surface area contributed by atoms with Crippen molar-refractivity contribution in [3.8, 4) is 5.75 Å². The van der Waals surface area contributed by atoms with Crippen LogP contribution in [-0.2, 0) is 16.0 Å². The van der Waals surface area contributed by atoms with E-state index in [-0.39, 0.29) is 11.8 Å². The minimum absolute atomic E-state index is 0.0686. The lowest BCUT2D eigenvalue weighted by Gasteiger charge is -2.16. The molecule has 0 saturated carbocycles. The van der Waals surface area contributed by atoms with Crippen molar-refractivity contribution in [2.45, 2.75) is 38.0 Å². The van der Waals surface area contributed by atoms with E-state index in [4.69, 9.17) is 4.74 Å². The van der Waals surface area contributed by atoms with Gasteiger partial charge in [-0.25, -0.2) is 0 Å². The molecule has 154 valence electrons. The van der Waals surface area contributed by atoms with Crippen LogP contribution in [0.5, 0.6) is 5.75 Å². The van der Waals surface area contributed by atoms with Crippen molar-refractivity contribution in [2.75, 3.05) is 20.2 Å². The van der Waals surface area contributed by atoms with E-state index in [9.17, 15) is 14.7 Å². The summed E-state index contributed by atoms with van der Waals surface area (Å²) in [6.07, 6.45) is 4.31. The topological polar surface area (TPSA) is 66.8 Å². The predicted molar refractivity (Wildman–Crippen MR) is 112 cm³/mol. The molecule has 1 heterocycles. The molecule has 2 atom stereocenters. The second-order valence-corrected chi connectivity index (χ2v) is 7.67. The molecular formula is C24H29NO4. The van der Waals surface area contributed by atoms with Crippen LogP contribution in [0, 0.1) is 5.92 Å². The number of benzene rings is 2. The monoisotopic (exact) mass is 395 g/mol. The standard InChI is InChI=1S/C24H29NO4/c1-29-20-14-12-18(13-15-20)8-4-2-7-11-23(26)25-16-21(22(17-25)24(27)28)19-9-5-3-6-10-19/h3,5-6,9-10,12-15,21-22H,2,4,7-8,11,16-17H2,1H3,(H,27,28)/t21-,22-/m0/s1. The first-order chi connectivity index (χ1) is 14.1. The van der Waals surface area contributed by atoms with Crippen LogP contribution >= 0.6 is 0 Å². The molecule has 1 aliphatic heterocycles. The van der Waals surface area contributed by atoms with Gasteiger partial charge in [-0.05, 0) is 42.5 Å². The van der Waals surface area contributed by atoms with Crippen molar-refractivity contribution in [3.63, 3.8) is 0 Å². The molecule has 0 unspecified atom stereocenters. The number of carbonyl (C=O) groups is 2. The van der Waals surface area contributed by atoms with E-state index in [1.54, 1.807) is 12.0 Å². The van der Waals surface area contributed by atoms with Crippen molar-refractivity contribution in [1.82, 2.24) is 4.90 Å². The van der Waals surface area contributed by atoms with Crippen molar-refractivity contribution in [3.05, 3.63) is 65.7 Å². The van der Waals surface area contributed by atoms with Gasteiger partial charge < -0.3 is 14.7 Å². The molecule has 0 spiro atoms. The number of likely N-dealkylation sites (tertiary alicyclic amines) is 1. The number of nitrogens with zero attached hydrogens (tertiary/aromatic N) is 1. The summed E-state index contributed by atoms with van der Waals surface area (Å²) < 4.78 is 5.17. The minimum atomic E-state index is -0.825. The Bertz CT molecular complexity index is 803. The molecule has 0 radical (unpaired) electrons. The molecule has 0 aromatic heterocycles. The fourth-order valence-corrected chi connectivity index (χ4v) is 4.03. The zero-order chi connectivity index (χ0) is 20.6. The molecular weight excluding hydrogens is 366 g/mol. The van der Waals surface area contributed by atoms with Gasteiger partial charge in [-0.1, -0.05) is 48.9 Å². The predicted octanol–water partition coefficient (Wildman–Crippen LogP) is 4.12. The Balaban J connectivity index is 1.43. The molecule has 5 nitrogen and oxygen atoms in total. The van der Waals surface area contributed by atoms with E-state index in [0.29, 0.717) is 19.5 Å². The molecule has 0 aliphatic carbocycles. The van der Waals surface area contributed by atoms with E-state index in [1.807, 2.05) is 42.5 Å². The number of ether oxygens (including phenoxy) is 1. The molecule has 1 N–H and O–H groups in total. The van der Waals surface area contributed by atoms with Gasteiger partial charge in [0.25, 0.3) is 0 Å². The van der Waals surface area contributed by atoms with Crippen LogP contribution in [0.3, 0.4) is 0 Å². The van der Waals surface area contributed by atoms with Gasteiger partial charge in [0.05, 0.1) is 13.0 Å². The van der Waals surface area contributed by atoms with Gasteiger partial charge in [0, 0.05) is 25.4 Å². The molecule has 29 heavy (non-hydrogen) atoms. The van der Waals surface area contributed by atoms with Gasteiger partial charge in [-0.3, -0.25) is 9.59 Å². The van der Waals surface area contributed by atoms with Gasteiger partial charge in [0.15, 0.2) is 0 Å². The lowest BCUT2D eigenvalue weighted by atomic mass is 9.89.